The highest BCUT2D eigenvalue weighted by atomic mass is 28.3. The van der Waals surface area contributed by atoms with E-state index in [1.165, 1.54) is 60.8 Å². The molecule has 0 N–H and O–H groups in total. The highest BCUT2D eigenvalue weighted by Crippen LogP contribution is 2.51. The molecule has 0 atom stereocenters. The Morgan fingerprint density at radius 1 is 0.643 bits per heavy atom. The van der Waals surface area contributed by atoms with Gasteiger partial charge in [-0.1, -0.05) is 143 Å². The van der Waals surface area contributed by atoms with Gasteiger partial charge >= 0.3 is 0 Å². The first-order valence-electron chi connectivity index (χ1n) is 15.2. The smallest absolute Gasteiger partial charge is 0.119 e. The fourth-order valence-corrected chi connectivity index (χ4v) is 10.4. The molecule has 1 aliphatic rings. The number of hydrogen-bond acceptors (Lipinski definition) is 1. The lowest BCUT2D eigenvalue weighted by Gasteiger charge is -2.33. The molecule has 1 aliphatic carbocycles. The molecule has 1 nitrogen and oxygen atoms in total. The van der Waals surface area contributed by atoms with Crippen molar-refractivity contribution >= 4 is 13.3 Å². The van der Waals surface area contributed by atoms with Gasteiger partial charge in [0.1, 0.15) is 12.4 Å². The highest BCUT2D eigenvalue weighted by Gasteiger charge is 2.43. The van der Waals surface area contributed by atoms with E-state index in [2.05, 4.69) is 143 Å². The van der Waals surface area contributed by atoms with Crippen molar-refractivity contribution in [3.05, 3.63) is 144 Å². The Kier molecular flexibility index (Phi) is 7.75. The molecule has 0 bridgehead atoms. The second-order valence-electron chi connectivity index (χ2n) is 12.0. The summed E-state index contributed by atoms with van der Waals surface area (Å²) in [4.78, 5) is 0. The van der Waals surface area contributed by atoms with E-state index in [1.54, 1.807) is 0 Å². The summed E-state index contributed by atoms with van der Waals surface area (Å²) in [6.45, 7) is 13.8. The van der Waals surface area contributed by atoms with Gasteiger partial charge in [0.25, 0.3) is 0 Å². The Morgan fingerprint density at radius 2 is 1.12 bits per heavy atom. The minimum Gasteiger partial charge on any atom is -0.490 e. The second-order valence-corrected chi connectivity index (χ2v) is 16.5. The van der Waals surface area contributed by atoms with E-state index >= 15 is 0 Å². The number of benzene rings is 5. The molecule has 0 fully saturated rings. The third kappa shape index (κ3) is 5.05. The molecule has 0 aliphatic heterocycles. The lowest BCUT2D eigenvalue weighted by Crippen LogP contribution is -2.48. The minimum absolute atomic E-state index is 0.292. The molecule has 0 radical (unpaired) electrons. The summed E-state index contributed by atoms with van der Waals surface area (Å²) < 4.78 is 6.25. The monoisotopic (exact) mass is 564 g/mol. The quantitative estimate of drug-likeness (QED) is 0.128. The maximum atomic E-state index is 6.25. The number of rotatable bonds is 9. The van der Waals surface area contributed by atoms with Gasteiger partial charge in [0.05, 0.1) is 8.07 Å². The fourth-order valence-electron chi connectivity index (χ4n) is 6.69. The maximum absolute atomic E-state index is 6.25. The summed E-state index contributed by atoms with van der Waals surface area (Å²) in [5.74, 6) is 0.988. The zero-order chi connectivity index (χ0) is 29.3. The molecule has 2 heteroatoms. The van der Waals surface area contributed by atoms with Gasteiger partial charge in [0, 0.05) is 5.54 Å². The van der Waals surface area contributed by atoms with Crippen molar-refractivity contribution in [2.45, 2.75) is 45.3 Å². The molecule has 0 saturated heterocycles. The van der Waals surface area contributed by atoms with Crippen molar-refractivity contribution in [3.63, 3.8) is 0 Å². The summed E-state index contributed by atoms with van der Waals surface area (Å²) in [5, 5.41) is 1.35. The van der Waals surface area contributed by atoms with Crippen LogP contribution in [0.4, 0.5) is 0 Å². The van der Waals surface area contributed by atoms with Gasteiger partial charge in [-0.2, -0.15) is 0 Å². The van der Waals surface area contributed by atoms with E-state index in [0.717, 1.165) is 18.6 Å². The summed E-state index contributed by atoms with van der Waals surface area (Å²) in [6.07, 6.45) is 3.94. The van der Waals surface area contributed by atoms with Crippen LogP contribution >= 0.6 is 0 Å². The average Bonchev–Trinajstić information content (AvgIpc) is 3.37. The second kappa shape index (κ2) is 11.6. The first-order chi connectivity index (χ1) is 20.4. The first kappa shape index (κ1) is 28.0. The Balaban J connectivity index is 1.52. The van der Waals surface area contributed by atoms with Gasteiger partial charge in [-0.05, 0) is 79.7 Å². The van der Waals surface area contributed by atoms with E-state index in [0.29, 0.717) is 12.1 Å². The van der Waals surface area contributed by atoms with Gasteiger partial charge in [-0.15, -0.1) is 0 Å². The predicted octanol–water partition coefficient (Wildman–Crippen LogP) is 9.98. The van der Waals surface area contributed by atoms with Crippen LogP contribution in [0.25, 0.3) is 33.4 Å². The molecule has 5 aromatic rings. The van der Waals surface area contributed by atoms with Crippen molar-refractivity contribution < 1.29 is 4.74 Å². The number of ether oxygens (including phenoxy) is 1. The number of para-hydroxylation sites is 1. The SMILES string of the molecule is C=CCOc1ccccc1[Si](C)(C)C1c2cc(-c3ccc(CC)cc3)ccc2-c2ccc(-c3ccc(CC)cc3)cc21. The van der Waals surface area contributed by atoms with E-state index in [1.807, 2.05) is 6.08 Å². The summed E-state index contributed by atoms with van der Waals surface area (Å²) in [6, 6.07) is 41.1. The van der Waals surface area contributed by atoms with Gasteiger partial charge in [-0.25, -0.2) is 0 Å². The number of fused-ring (bicyclic) bond motifs is 3. The van der Waals surface area contributed by atoms with Crippen LogP contribution in [0.2, 0.25) is 13.1 Å². The minimum atomic E-state index is -2.18. The largest absolute Gasteiger partial charge is 0.490 e. The van der Waals surface area contributed by atoms with E-state index in [9.17, 15) is 0 Å². The summed E-state index contributed by atoms with van der Waals surface area (Å²) >= 11 is 0. The van der Waals surface area contributed by atoms with E-state index in [4.69, 9.17) is 4.74 Å². The van der Waals surface area contributed by atoms with Gasteiger partial charge < -0.3 is 4.74 Å². The lowest BCUT2D eigenvalue weighted by molar-refractivity contribution is 0.366. The zero-order valence-electron chi connectivity index (χ0n) is 25.3. The van der Waals surface area contributed by atoms with Crippen molar-refractivity contribution in [1.29, 1.82) is 0 Å². The van der Waals surface area contributed by atoms with Crippen LogP contribution in [0.1, 0.15) is 41.6 Å². The Hall–Kier alpha value is -4.14. The molecule has 210 valence electrons. The lowest BCUT2D eigenvalue weighted by atomic mass is 9.97. The van der Waals surface area contributed by atoms with Crippen LogP contribution in [-0.4, -0.2) is 14.7 Å². The van der Waals surface area contributed by atoms with E-state index < -0.39 is 8.07 Å². The number of hydrogen-bond donors (Lipinski definition) is 0. The fraction of sp³-hybridized carbons (Fsp3) is 0.200. The Morgan fingerprint density at radius 3 is 1.60 bits per heavy atom. The van der Waals surface area contributed by atoms with Crippen molar-refractivity contribution in [2.24, 2.45) is 0 Å². The van der Waals surface area contributed by atoms with Crippen molar-refractivity contribution in [1.82, 2.24) is 0 Å². The van der Waals surface area contributed by atoms with Gasteiger partial charge in [0.2, 0.25) is 0 Å². The maximum Gasteiger partial charge on any atom is 0.119 e. The predicted molar refractivity (Wildman–Crippen MR) is 183 cm³/mol. The van der Waals surface area contributed by atoms with Crippen LogP contribution < -0.4 is 9.92 Å². The summed E-state index contributed by atoms with van der Waals surface area (Å²) in [7, 11) is -2.18. The third-order valence-corrected chi connectivity index (χ3v) is 12.9. The van der Waals surface area contributed by atoms with Crippen LogP contribution in [0, 0.1) is 0 Å². The molecule has 0 amide bonds. The molecule has 0 heterocycles. The highest BCUT2D eigenvalue weighted by molar-refractivity contribution is 6.92. The average molecular weight is 565 g/mol. The topological polar surface area (TPSA) is 9.23 Å². The van der Waals surface area contributed by atoms with Crippen LogP contribution in [0.15, 0.2) is 122 Å². The van der Waals surface area contributed by atoms with Gasteiger partial charge in [0.15, 0.2) is 0 Å². The molecule has 6 rings (SSSR count). The normalized spacial score (nSPS) is 12.6. The zero-order valence-corrected chi connectivity index (χ0v) is 26.3. The first-order valence-corrected chi connectivity index (χ1v) is 18.3. The van der Waals surface area contributed by atoms with E-state index in [-0.39, 0.29) is 0 Å². The standard InChI is InChI=1S/C40H40OSi/c1-6-25-41-38-11-9-10-12-39(38)42(4,5)40-36-26-32(30-17-13-28(7-2)14-18-30)21-23-34(36)35-24-22-33(27-37(35)40)31-19-15-29(8-3)16-20-31/h6,9-24,26-27,40H,1,7-8,25H2,2-5H3. The number of aryl methyl sites for hydroxylation is 2. The molecule has 0 unspecified atom stereocenters. The van der Waals surface area contributed by atoms with Crippen LogP contribution in [0.5, 0.6) is 5.75 Å². The van der Waals surface area contributed by atoms with Crippen LogP contribution in [0.3, 0.4) is 0 Å². The van der Waals surface area contributed by atoms with Gasteiger partial charge in [-0.3, -0.25) is 0 Å². The molecular formula is C40H40OSi. The molecule has 0 aromatic heterocycles. The van der Waals surface area contributed by atoms with Crippen molar-refractivity contribution in [2.75, 3.05) is 6.61 Å². The van der Waals surface area contributed by atoms with Crippen LogP contribution in [-0.2, 0) is 12.8 Å². The Labute approximate surface area is 252 Å². The molecule has 5 aromatic carbocycles. The molecule has 0 spiro atoms. The summed E-state index contributed by atoms with van der Waals surface area (Å²) in [5.41, 5.74) is 13.8. The third-order valence-electron chi connectivity index (χ3n) is 9.07. The van der Waals surface area contributed by atoms with Crippen molar-refractivity contribution in [3.8, 4) is 39.1 Å². The molecule has 42 heavy (non-hydrogen) atoms. The Bertz CT molecular complexity index is 1630. The molecular weight excluding hydrogens is 525 g/mol. The molecule has 0 saturated carbocycles.